The van der Waals surface area contributed by atoms with Gasteiger partial charge in [0.1, 0.15) is 5.00 Å². The summed E-state index contributed by atoms with van der Waals surface area (Å²) < 4.78 is 5.41. The number of primary amides is 1. The van der Waals surface area contributed by atoms with Crippen molar-refractivity contribution in [1.29, 1.82) is 0 Å². The van der Waals surface area contributed by atoms with Crippen LogP contribution in [0.4, 0.5) is 5.00 Å². The molecular formula is C12H17N3O3S. The molecule has 1 aliphatic heterocycles. The van der Waals surface area contributed by atoms with E-state index < -0.39 is 5.91 Å². The van der Waals surface area contributed by atoms with Gasteiger partial charge in [-0.3, -0.25) is 14.5 Å². The molecule has 1 fully saturated rings. The highest BCUT2D eigenvalue weighted by Crippen LogP contribution is 2.22. The van der Waals surface area contributed by atoms with E-state index in [1.165, 1.54) is 11.3 Å². The lowest BCUT2D eigenvalue weighted by Gasteiger charge is -2.30. The van der Waals surface area contributed by atoms with Crippen LogP contribution in [0.25, 0.3) is 0 Å². The van der Waals surface area contributed by atoms with Gasteiger partial charge in [0.15, 0.2) is 0 Å². The molecule has 0 aromatic carbocycles. The summed E-state index contributed by atoms with van der Waals surface area (Å²) in [7, 11) is 0. The molecule has 2 rings (SSSR count). The van der Waals surface area contributed by atoms with Crippen molar-refractivity contribution >= 4 is 28.2 Å². The van der Waals surface area contributed by atoms with Crippen LogP contribution in [0.1, 0.15) is 17.3 Å². The molecular weight excluding hydrogens is 266 g/mol. The third kappa shape index (κ3) is 3.76. The fourth-order valence-electron chi connectivity index (χ4n) is 2.00. The van der Waals surface area contributed by atoms with Gasteiger partial charge in [-0.25, -0.2) is 0 Å². The zero-order chi connectivity index (χ0) is 13.8. The van der Waals surface area contributed by atoms with E-state index in [1.807, 2.05) is 11.8 Å². The normalized spacial score (nSPS) is 20.2. The Labute approximate surface area is 115 Å². The molecule has 0 spiro atoms. The second-order valence-electron chi connectivity index (χ2n) is 4.49. The highest BCUT2D eigenvalue weighted by molar-refractivity contribution is 7.14. The molecule has 1 aromatic rings. The third-order valence-corrected chi connectivity index (χ3v) is 3.71. The van der Waals surface area contributed by atoms with Gasteiger partial charge >= 0.3 is 0 Å². The number of hydrogen-bond acceptors (Lipinski definition) is 5. The number of thiophene rings is 1. The van der Waals surface area contributed by atoms with Gasteiger partial charge in [-0.15, -0.1) is 11.3 Å². The molecule has 1 aromatic heterocycles. The van der Waals surface area contributed by atoms with E-state index in [2.05, 4.69) is 5.32 Å². The fourth-order valence-corrected chi connectivity index (χ4v) is 2.81. The van der Waals surface area contributed by atoms with Crippen LogP contribution < -0.4 is 11.1 Å². The second kappa shape index (κ2) is 6.14. The highest BCUT2D eigenvalue weighted by Gasteiger charge is 2.20. The van der Waals surface area contributed by atoms with E-state index in [0.29, 0.717) is 23.7 Å². The van der Waals surface area contributed by atoms with E-state index in [1.54, 1.807) is 11.4 Å². The summed E-state index contributed by atoms with van der Waals surface area (Å²) in [6.45, 7) is 4.39. The molecule has 0 saturated carbocycles. The highest BCUT2D eigenvalue weighted by atomic mass is 32.1. The molecule has 2 amide bonds. The Bertz CT molecular complexity index is 475. The van der Waals surface area contributed by atoms with Crippen molar-refractivity contribution in [3.8, 4) is 0 Å². The first-order valence-electron chi connectivity index (χ1n) is 6.07. The van der Waals surface area contributed by atoms with Crippen LogP contribution in [0.3, 0.4) is 0 Å². The summed E-state index contributed by atoms with van der Waals surface area (Å²) in [6.07, 6.45) is 0.143. The van der Waals surface area contributed by atoms with Gasteiger partial charge in [-0.1, -0.05) is 0 Å². The number of anilines is 1. The van der Waals surface area contributed by atoms with Crippen molar-refractivity contribution < 1.29 is 14.3 Å². The number of carbonyl (C=O) groups excluding carboxylic acids is 2. The first-order valence-corrected chi connectivity index (χ1v) is 6.95. The van der Waals surface area contributed by atoms with Gasteiger partial charge in [0, 0.05) is 13.1 Å². The molecule has 19 heavy (non-hydrogen) atoms. The van der Waals surface area contributed by atoms with Crippen molar-refractivity contribution in [2.45, 2.75) is 13.0 Å². The maximum atomic E-state index is 11.9. The van der Waals surface area contributed by atoms with Crippen molar-refractivity contribution in [1.82, 2.24) is 4.90 Å². The summed E-state index contributed by atoms with van der Waals surface area (Å²) >= 11 is 1.29. The Morgan fingerprint density at radius 3 is 3.11 bits per heavy atom. The smallest absolute Gasteiger partial charge is 0.251 e. The van der Waals surface area contributed by atoms with Crippen LogP contribution in [0.15, 0.2) is 11.4 Å². The fraction of sp³-hybridized carbons (Fsp3) is 0.500. The van der Waals surface area contributed by atoms with Crippen LogP contribution in [-0.4, -0.2) is 49.1 Å². The number of rotatable bonds is 4. The number of nitrogens with two attached hydrogens (primary N) is 1. The minimum Gasteiger partial charge on any atom is -0.376 e. The van der Waals surface area contributed by atoms with Gasteiger partial charge < -0.3 is 15.8 Å². The number of carbonyl (C=O) groups is 2. The molecule has 1 aliphatic rings. The minimum atomic E-state index is -0.531. The molecule has 0 radical (unpaired) electrons. The average Bonchev–Trinajstić information content (AvgIpc) is 2.76. The topological polar surface area (TPSA) is 84.7 Å². The van der Waals surface area contributed by atoms with Crippen LogP contribution in [0.2, 0.25) is 0 Å². The van der Waals surface area contributed by atoms with E-state index >= 15 is 0 Å². The number of nitrogens with one attached hydrogen (secondary N) is 1. The van der Waals surface area contributed by atoms with Crippen molar-refractivity contribution in [2.24, 2.45) is 5.73 Å². The number of nitrogens with zero attached hydrogens (tertiary/aromatic N) is 1. The quantitative estimate of drug-likeness (QED) is 0.843. The molecule has 2 heterocycles. The zero-order valence-electron chi connectivity index (χ0n) is 10.7. The van der Waals surface area contributed by atoms with E-state index in [-0.39, 0.29) is 12.0 Å². The van der Waals surface area contributed by atoms with Gasteiger partial charge in [0.05, 0.1) is 24.8 Å². The summed E-state index contributed by atoms with van der Waals surface area (Å²) in [4.78, 5) is 25.1. The number of hydrogen-bond donors (Lipinski definition) is 2. The molecule has 6 nitrogen and oxygen atoms in total. The standard InChI is InChI=1S/C12H17N3O3S/c1-8-6-15(3-4-18-8)7-10(16)14-12-9(11(13)17)2-5-19-12/h2,5,8H,3-4,6-7H2,1H3,(H2,13,17)(H,14,16). The molecule has 3 N–H and O–H groups in total. The van der Waals surface area contributed by atoms with Crippen LogP contribution in [0, 0.1) is 0 Å². The molecule has 1 atom stereocenters. The zero-order valence-corrected chi connectivity index (χ0v) is 11.5. The predicted molar refractivity (Wildman–Crippen MR) is 73.3 cm³/mol. The van der Waals surface area contributed by atoms with Gasteiger partial charge in [-0.05, 0) is 18.4 Å². The third-order valence-electron chi connectivity index (χ3n) is 2.88. The molecule has 7 heteroatoms. The lowest BCUT2D eigenvalue weighted by Crippen LogP contribution is -2.44. The Hall–Kier alpha value is -1.44. The van der Waals surface area contributed by atoms with E-state index in [4.69, 9.17) is 10.5 Å². The lowest BCUT2D eigenvalue weighted by molar-refractivity contribution is -0.119. The maximum absolute atomic E-state index is 11.9. The number of ether oxygens (including phenoxy) is 1. The van der Waals surface area contributed by atoms with Crippen molar-refractivity contribution in [3.05, 3.63) is 17.0 Å². The first-order chi connectivity index (χ1) is 9.06. The largest absolute Gasteiger partial charge is 0.376 e. The average molecular weight is 283 g/mol. The Morgan fingerprint density at radius 1 is 1.63 bits per heavy atom. The van der Waals surface area contributed by atoms with E-state index in [0.717, 1.165) is 13.1 Å². The summed E-state index contributed by atoms with van der Waals surface area (Å²) in [6, 6.07) is 1.61. The van der Waals surface area contributed by atoms with Gasteiger partial charge in [0.2, 0.25) is 5.91 Å². The Morgan fingerprint density at radius 2 is 2.42 bits per heavy atom. The lowest BCUT2D eigenvalue weighted by atomic mass is 10.3. The predicted octanol–water partition coefficient (Wildman–Crippen LogP) is 0.506. The molecule has 0 bridgehead atoms. The maximum Gasteiger partial charge on any atom is 0.251 e. The summed E-state index contributed by atoms with van der Waals surface area (Å²) in [5.74, 6) is -0.671. The van der Waals surface area contributed by atoms with Crippen molar-refractivity contribution in [3.63, 3.8) is 0 Å². The number of morpholine rings is 1. The van der Waals surface area contributed by atoms with Crippen LogP contribution in [-0.2, 0) is 9.53 Å². The van der Waals surface area contributed by atoms with E-state index in [9.17, 15) is 9.59 Å². The molecule has 0 aliphatic carbocycles. The number of amides is 2. The Balaban J connectivity index is 1.90. The molecule has 1 saturated heterocycles. The minimum absolute atomic E-state index is 0.140. The summed E-state index contributed by atoms with van der Waals surface area (Å²) in [5.41, 5.74) is 5.58. The van der Waals surface area contributed by atoms with Crippen molar-refractivity contribution in [2.75, 3.05) is 31.6 Å². The van der Waals surface area contributed by atoms with Gasteiger partial charge in [-0.2, -0.15) is 0 Å². The monoisotopic (exact) mass is 283 g/mol. The van der Waals surface area contributed by atoms with Crippen LogP contribution >= 0.6 is 11.3 Å². The summed E-state index contributed by atoms with van der Waals surface area (Å²) in [5, 5.41) is 4.97. The van der Waals surface area contributed by atoms with Crippen LogP contribution in [0.5, 0.6) is 0 Å². The molecule has 1 unspecified atom stereocenters. The second-order valence-corrected chi connectivity index (χ2v) is 5.41. The Kier molecular flexibility index (Phi) is 4.52. The molecule has 104 valence electrons. The SMILES string of the molecule is CC1CN(CC(=O)Nc2sccc2C(N)=O)CCO1. The van der Waals surface area contributed by atoms with Gasteiger partial charge in [0.25, 0.3) is 5.91 Å². The first kappa shape index (κ1) is 14.0.